The quantitative estimate of drug-likeness (QED) is 0.880. The Labute approximate surface area is 108 Å². The standard InChI is InChI=1S/C15H20N2O/c1-10-3-8-14-13(9-10)17-15(18-14)11-4-6-12(16-2)7-5-11/h3,8-9,11-12,16H,4-7H2,1-2H3. The Kier molecular flexibility index (Phi) is 3.08. The van der Waals surface area contributed by atoms with E-state index in [1.165, 1.54) is 31.2 Å². The molecule has 0 atom stereocenters. The van der Waals surface area contributed by atoms with Crippen molar-refractivity contribution in [2.24, 2.45) is 0 Å². The second kappa shape index (κ2) is 4.73. The summed E-state index contributed by atoms with van der Waals surface area (Å²) in [6.07, 6.45) is 4.80. The molecule has 3 heteroatoms. The summed E-state index contributed by atoms with van der Waals surface area (Å²) in [6.45, 7) is 2.09. The molecule has 0 spiro atoms. The van der Waals surface area contributed by atoms with Crippen molar-refractivity contribution in [3.05, 3.63) is 29.7 Å². The fourth-order valence-electron chi connectivity index (χ4n) is 2.86. The number of nitrogens with zero attached hydrogens (tertiary/aromatic N) is 1. The van der Waals surface area contributed by atoms with Gasteiger partial charge in [-0.3, -0.25) is 0 Å². The molecule has 1 N–H and O–H groups in total. The third kappa shape index (κ3) is 2.15. The van der Waals surface area contributed by atoms with E-state index in [0.717, 1.165) is 17.0 Å². The SMILES string of the molecule is CNC1CCC(c2nc3cc(C)ccc3o2)CC1. The molecule has 18 heavy (non-hydrogen) atoms. The van der Waals surface area contributed by atoms with Crippen LogP contribution >= 0.6 is 0 Å². The maximum absolute atomic E-state index is 5.90. The van der Waals surface area contributed by atoms with Gasteiger partial charge in [-0.1, -0.05) is 6.07 Å². The lowest BCUT2D eigenvalue weighted by Crippen LogP contribution is -2.29. The second-order valence-corrected chi connectivity index (χ2v) is 5.36. The Morgan fingerprint density at radius 1 is 1.22 bits per heavy atom. The molecule has 0 unspecified atom stereocenters. The summed E-state index contributed by atoms with van der Waals surface area (Å²) in [6, 6.07) is 6.88. The molecule has 1 aromatic carbocycles. The molecule has 1 fully saturated rings. The first-order valence-corrected chi connectivity index (χ1v) is 6.80. The smallest absolute Gasteiger partial charge is 0.198 e. The lowest BCUT2D eigenvalue weighted by molar-refractivity contribution is 0.322. The molecule has 1 heterocycles. The van der Waals surface area contributed by atoms with Gasteiger partial charge in [0.1, 0.15) is 5.52 Å². The van der Waals surface area contributed by atoms with Gasteiger partial charge in [0.05, 0.1) is 0 Å². The minimum absolute atomic E-state index is 0.502. The summed E-state index contributed by atoms with van der Waals surface area (Å²) in [4.78, 5) is 4.66. The summed E-state index contributed by atoms with van der Waals surface area (Å²) in [5.74, 6) is 1.44. The van der Waals surface area contributed by atoms with Crippen LogP contribution in [0.1, 0.15) is 43.1 Å². The Morgan fingerprint density at radius 2 is 2.00 bits per heavy atom. The molecule has 1 aliphatic carbocycles. The van der Waals surface area contributed by atoms with Crippen LogP contribution in [0.2, 0.25) is 0 Å². The van der Waals surface area contributed by atoms with Crippen molar-refractivity contribution in [3.63, 3.8) is 0 Å². The monoisotopic (exact) mass is 244 g/mol. The normalized spacial score (nSPS) is 24.6. The first kappa shape index (κ1) is 11.7. The van der Waals surface area contributed by atoms with E-state index in [9.17, 15) is 0 Å². The Balaban J connectivity index is 1.82. The third-order valence-electron chi connectivity index (χ3n) is 4.04. The molecule has 0 bridgehead atoms. The molecule has 0 radical (unpaired) electrons. The number of oxazole rings is 1. The zero-order chi connectivity index (χ0) is 12.5. The van der Waals surface area contributed by atoms with Gasteiger partial charge in [0.2, 0.25) is 0 Å². The Bertz CT molecular complexity index is 538. The fourth-order valence-corrected chi connectivity index (χ4v) is 2.86. The number of nitrogens with one attached hydrogen (secondary N) is 1. The molecular weight excluding hydrogens is 224 g/mol. The van der Waals surface area contributed by atoms with Crippen molar-refractivity contribution < 1.29 is 4.42 Å². The Hall–Kier alpha value is -1.35. The highest BCUT2D eigenvalue weighted by Crippen LogP contribution is 2.33. The summed E-state index contributed by atoms with van der Waals surface area (Å²) in [5, 5.41) is 3.36. The van der Waals surface area contributed by atoms with Crippen LogP contribution in [-0.4, -0.2) is 18.1 Å². The van der Waals surface area contributed by atoms with Crippen LogP contribution in [-0.2, 0) is 0 Å². The number of benzene rings is 1. The lowest BCUT2D eigenvalue weighted by atomic mass is 9.86. The van der Waals surface area contributed by atoms with E-state index in [-0.39, 0.29) is 0 Å². The van der Waals surface area contributed by atoms with E-state index < -0.39 is 0 Å². The van der Waals surface area contributed by atoms with E-state index >= 15 is 0 Å². The van der Waals surface area contributed by atoms with Gasteiger partial charge in [-0.15, -0.1) is 0 Å². The van der Waals surface area contributed by atoms with Crippen molar-refractivity contribution in [3.8, 4) is 0 Å². The fraction of sp³-hybridized carbons (Fsp3) is 0.533. The average molecular weight is 244 g/mol. The number of hydrogen-bond acceptors (Lipinski definition) is 3. The zero-order valence-corrected chi connectivity index (χ0v) is 11.1. The summed E-state index contributed by atoms with van der Waals surface area (Å²) >= 11 is 0. The van der Waals surface area contributed by atoms with E-state index in [0.29, 0.717) is 12.0 Å². The number of hydrogen-bond donors (Lipinski definition) is 1. The van der Waals surface area contributed by atoms with Gasteiger partial charge >= 0.3 is 0 Å². The van der Waals surface area contributed by atoms with Crippen LogP contribution in [0.4, 0.5) is 0 Å². The van der Waals surface area contributed by atoms with Gasteiger partial charge in [-0.05, 0) is 57.4 Å². The highest BCUT2D eigenvalue weighted by molar-refractivity contribution is 5.73. The largest absolute Gasteiger partial charge is 0.440 e. The number of fused-ring (bicyclic) bond motifs is 1. The van der Waals surface area contributed by atoms with Crippen molar-refractivity contribution >= 4 is 11.1 Å². The van der Waals surface area contributed by atoms with Gasteiger partial charge in [0.25, 0.3) is 0 Å². The molecule has 2 aromatic rings. The minimum atomic E-state index is 0.502. The summed E-state index contributed by atoms with van der Waals surface area (Å²) in [7, 11) is 2.05. The first-order valence-electron chi connectivity index (χ1n) is 6.80. The number of aromatic nitrogens is 1. The van der Waals surface area contributed by atoms with Crippen molar-refractivity contribution in [1.82, 2.24) is 10.3 Å². The molecule has 1 saturated carbocycles. The maximum Gasteiger partial charge on any atom is 0.198 e. The van der Waals surface area contributed by atoms with E-state index in [1.807, 2.05) is 13.1 Å². The van der Waals surface area contributed by atoms with E-state index in [4.69, 9.17) is 4.42 Å². The van der Waals surface area contributed by atoms with Crippen molar-refractivity contribution in [2.45, 2.75) is 44.6 Å². The number of aryl methyl sites for hydroxylation is 1. The maximum atomic E-state index is 5.90. The third-order valence-corrected chi connectivity index (χ3v) is 4.04. The highest BCUT2D eigenvalue weighted by Gasteiger charge is 2.25. The minimum Gasteiger partial charge on any atom is -0.440 e. The van der Waals surface area contributed by atoms with Crippen molar-refractivity contribution in [2.75, 3.05) is 7.05 Å². The molecule has 0 aliphatic heterocycles. The van der Waals surface area contributed by atoms with Crippen LogP contribution in [0.5, 0.6) is 0 Å². The molecule has 3 rings (SSSR count). The van der Waals surface area contributed by atoms with E-state index in [2.05, 4.69) is 29.4 Å². The molecule has 0 amide bonds. The molecule has 96 valence electrons. The Morgan fingerprint density at radius 3 is 2.72 bits per heavy atom. The van der Waals surface area contributed by atoms with Crippen LogP contribution in [0.3, 0.4) is 0 Å². The second-order valence-electron chi connectivity index (χ2n) is 5.36. The van der Waals surface area contributed by atoms with Gasteiger partial charge in [0.15, 0.2) is 11.5 Å². The highest BCUT2D eigenvalue weighted by atomic mass is 16.3. The van der Waals surface area contributed by atoms with Crippen LogP contribution < -0.4 is 5.32 Å². The topological polar surface area (TPSA) is 38.1 Å². The summed E-state index contributed by atoms with van der Waals surface area (Å²) < 4.78 is 5.90. The van der Waals surface area contributed by atoms with Crippen molar-refractivity contribution in [1.29, 1.82) is 0 Å². The zero-order valence-electron chi connectivity index (χ0n) is 11.1. The van der Waals surface area contributed by atoms with Gasteiger partial charge in [-0.25, -0.2) is 4.98 Å². The summed E-state index contributed by atoms with van der Waals surface area (Å²) in [5.41, 5.74) is 3.16. The lowest BCUT2D eigenvalue weighted by Gasteiger charge is -2.26. The molecular formula is C15H20N2O. The molecule has 1 aromatic heterocycles. The molecule has 1 aliphatic rings. The van der Waals surface area contributed by atoms with Crippen LogP contribution in [0.25, 0.3) is 11.1 Å². The number of rotatable bonds is 2. The van der Waals surface area contributed by atoms with Crippen LogP contribution in [0, 0.1) is 6.92 Å². The van der Waals surface area contributed by atoms with Gasteiger partial charge in [0, 0.05) is 12.0 Å². The van der Waals surface area contributed by atoms with Crippen LogP contribution in [0.15, 0.2) is 22.6 Å². The van der Waals surface area contributed by atoms with Gasteiger partial charge in [-0.2, -0.15) is 0 Å². The predicted octanol–water partition coefficient (Wildman–Crippen LogP) is 3.38. The van der Waals surface area contributed by atoms with E-state index in [1.54, 1.807) is 0 Å². The predicted molar refractivity (Wildman–Crippen MR) is 72.8 cm³/mol. The van der Waals surface area contributed by atoms with Gasteiger partial charge < -0.3 is 9.73 Å². The average Bonchev–Trinajstić information content (AvgIpc) is 2.81. The molecule has 0 saturated heterocycles. The molecule has 3 nitrogen and oxygen atoms in total. The first-order chi connectivity index (χ1) is 8.76.